The average Bonchev–Trinajstić information content (AvgIpc) is 2.81. The molecule has 2 atom stereocenters. The van der Waals surface area contributed by atoms with Crippen molar-refractivity contribution in [3.8, 4) is 0 Å². The summed E-state index contributed by atoms with van der Waals surface area (Å²) in [7, 11) is 0. The number of aryl methyl sites for hydroxylation is 2. The third-order valence-corrected chi connectivity index (χ3v) is 4.69. The Kier molecular flexibility index (Phi) is 3.51. The molecular formula is C16H22N2O3. The lowest BCUT2D eigenvalue weighted by atomic mass is 9.96. The van der Waals surface area contributed by atoms with Gasteiger partial charge in [0.2, 0.25) is 11.8 Å². The molecule has 3 heterocycles. The second-order valence-electron chi connectivity index (χ2n) is 6.11. The van der Waals surface area contributed by atoms with Crippen molar-refractivity contribution in [2.75, 3.05) is 13.1 Å². The molecule has 0 aromatic carbocycles. The molecule has 5 heteroatoms. The van der Waals surface area contributed by atoms with Crippen LogP contribution in [0, 0.1) is 13.8 Å². The van der Waals surface area contributed by atoms with E-state index in [-0.39, 0.29) is 30.4 Å². The number of furan rings is 1. The molecule has 0 aliphatic carbocycles. The fraction of sp³-hybridized carbons (Fsp3) is 0.625. The van der Waals surface area contributed by atoms with Gasteiger partial charge in [-0.25, -0.2) is 0 Å². The molecule has 21 heavy (non-hydrogen) atoms. The van der Waals surface area contributed by atoms with Gasteiger partial charge in [-0.1, -0.05) is 0 Å². The monoisotopic (exact) mass is 290 g/mol. The highest BCUT2D eigenvalue weighted by molar-refractivity contribution is 5.95. The molecule has 2 fully saturated rings. The zero-order chi connectivity index (χ0) is 15.1. The number of amides is 2. The number of hydrogen-bond donors (Lipinski definition) is 0. The van der Waals surface area contributed by atoms with Crippen molar-refractivity contribution >= 4 is 11.8 Å². The molecule has 0 radical (unpaired) electrons. The van der Waals surface area contributed by atoms with Crippen LogP contribution in [0.3, 0.4) is 0 Å². The van der Waals surface area contributed by atoms with Gasteiger partial charge in [0.05, 0.1) is 6.04 Å². The molecular weight excluding hydrogens is 268 g/mol. The molecule has 0 N–H and O–H groups in total. The summed E-state index contributed by atoms with van der Waals surface area (Å²) in [5, 5.41) is 0. The number of carbonyl (C=O) groups is 2. The maximum Gasteiger partial charge on any atom is 0.246 e. The number of piperazine rings is 1. The van der Waals surface area contributed by atoms with E-state index in [4.69, 9.17) is 4.42 Å². The molecule has 0 saturated carbocycles. The first kappa shape index (κ1) is 14.2. The van der Waals surface area contributed by atoms with Gasteiger partial charge in [-0.05, 0) is 46.1 Å². The normalized spacial score (nSPS) is 24.2. The topological polar surface area (TPSA) is 53.8 Å². The van der Waals surface area contributed by atoms with Crippen molar-refractivity contribution in [1.29, 1.82) is 0 Å². The summed E-state index contributed by atoms with van der Waals surface area (Å²) in [5.74, 6) is 1.82. The maximum absolute atomic E-state index is 12.7. The lowest BCUT2D eigenvalue weighted by Crippen LogP contribution is -2.61. The molecule has 3 rings (SSSR count). The van der Waals surface area contributed by atoms with Gasteiger partial charge >= 0.3 is 0 Å². The Bertz CT molecular complexity index is 578. The van der Waals surface area contributed by atoms with Crippen LogP contribution in [0.2, 0.25) is 0 Å². The Morgan fingerprint density at radius 1 is 1.29 bits per heavy atom. The van der Waals surface area contributed by atoms with Gasteiger partial charge in [-0.3, -0.25) is 9.59 Å². The third kappa shape index (κ3) is 2.34. The molecule has 5 nitrogen and oxygen atoms in total. The summed E-state index contributed by atoms with van der Waals surface area (Å²) in [5.41, 5.74) is 0.998. The van der Waals surface area contributed by atoms with Crippen LogP contribution in [-0.2, 0) is 9.59 Å². The number of fused-ring (bicyclic) bond motifs is 1. The number of nitrogens with zero attached hydrogens (tertiary/aromatic N) is 2. The van der Waals surface area contributed by atoms with Crippen molar-refractivity contribution < 1.29 is 14.0 Å². The van der Waals surface area contributed by atoms with Gasteiger partial charge in [0.15, 0.2) is 0 Å². The van der Waals surface area contributed by atoms with Crippen LogP contribution in [-0.4, -0.2) is 40.7 Å². The summed E-state index contributed by atoms with van der Waals surface area (Å²) in [6.07, 6.45) is 2.81. The highest BCUT2D eigenvalue weighted by atomic mass is 16.3. The van der Waals surface area contributed by atoms with Crippen LogP contribution in [0.5, 0.6) is 0 Å². The molecule has 2 aliphatic heterocycles. The van der Waals surface area contributed by atoms with Gasteiger partial charge < -0.3 is 14.2 Å². The van der Waals surface area contributed by atoms with Gasteiger partial charge in [0.1, 0.15) is 24.1 Å². The van der Waals surface area contributed by atoms with Gasteiger partial charge in [-0.15, -0.1) is 0 Å². The van der Waals surface area contributed by atoms with E-state index in [1.165, 1.54) is 0 Å². The van der Waals surface area contributed by atoms with Crippen LogP contribution in [0.1, 0.15) is 49.3 Å². The second-order valence-corrected chi connectivity index (χ2v) is 6.11. The zero-order valence-corrected chi connectivity index (χ0v) is 12.9. The van der Waals surface area contributed by atoms with E-state index >= 15 is 0 Å². The summed E-state index contributed by atoms with van der Waals surface area (Å²) in [6.45, 7) is 6.68. The van der Waals surface area contributed by atoms with E-state index in [9.17, 15) is 9.59 Å². The predicted octanol–water partition coefficient (Wildman–Crippen LogP) is 2.18. The van der Waals surface area contributed by atoms with E-state index in [0.717, 1.165) is 42.9 Å². The lowest BCUT2D eigenvalue weighted by Gasteiger charge is -2.44. The first-order chi connectivity index (χ1) is 9.99. The Morgan fingerprint density at radius 3 is 2.71 bits per heavy atom. The van der Waals surface area contributed by atoms with E-state index in [1.807, 2.05) is 26.8 Å². The quantitative estimate of drug-likeness (QED) is 0.839. The van der Waals surface area contributed by atoms with Crippen molar-refractivity contribution in [3.63, 3.8) is 0 Å². The largest absolute Gasteiger partial charge is 0.466 e. The number of hydrogen-bond acceptors (Lipinski definition) is 3. The number of carbonyl (C=O) groups excluding carboxylic acids is 2. The third-order valence-electron chi connectivity index (χ3n) is 4.69. The lowest BCUT2D eigenvalue weighted by molar-refractivity contribution is -0.159. The highest BCUT2D eigenvalue weighted by Crippen LogP contribution is 2.31. The molecule has 2 aliphatic rings. The Labute approximate surface area is 124 Å². The van der Waals surface area contributed by atoms with Crippen LogP contribution in [0.15, 0.2) is 10.5 Å². The predicted molar refractivity (Wildman–Crippen MR) is 77.7 cm³/mol. The molecule has 0 bridgehead atoms. The SMILES string of the molecule is Cc1cc(C(C)N2CC(=O)N3CCCCC3C2=O)c(C)o1. The first-order valence-electron chi connectivity index (χ1n) is 7.66. The summed E-state index contributed by atoms with van der Waals surface area (Å²) >= 11 is 0. The Morgan fingerprint density at radius 2 is 2.05 bits per heavy atom. The van der Waals surface area contributed by atoms with Crippen molar-refractivity contribution in [2.45, 2.75) is 52.1 Å². The summed E-state index contributed by atoms with van der Waals surface area (Å²) < 4.78 is 5.56. The van der Waals surface area contributed by atoms with Gasteiger partial charge in [0.25, 0.3) is 0 Å². The average molecular weight is 290 g/mol. The maximum atomic E-state index is 12.7. The molecule has 0 spiro atoms. The minimum absolute atomic E-state index is 0.0732. The number of piperidine rings is 1. The van der Waals surface area contributed by atoms with Crippen molar-refractivity contribution in [3.05, 3.63) is 23.2 Å². The molecule has 2 amide bonds. The standard InChI is InChI=1S/C16H22N2O3/c1-10-8-13(12(3)21-10)11(2)18-9-15(19)17-7-5-4-6-14(17)16(18)20/h8,11,14H,4-7,9H2,1-3H3. The fourth-order valence-electron chi connectivity index (χ4n) is 3.55. The number of rotatable bonds is 2. The van der Waals surface area contributed by atoms with Crippen LogP contribution < -0.4 is 0 Å². The fourth-order valence-corrected chi connectivity index (χ4v) is 3.55. The zero-order valence-electron chi connectivity index (χ0n) is 12.9. The van der Waals surface area contributed by atoms with Crippen LogP contribution >= 0.6 is 0 Å². The summed E-state index contributed by atoms with van der Waals surface area (Å²) in [6, 6.07) is 1.59. The minimum Gasteiger partial charge on any atom is -0.466 e. The highest BCUT2D eigenvalue weighted by Gasteiger charge is 2.42. The van der Waals surface area contributed by atoms with Gasteiger partial charge in [0, 0.05) is 12.1 Å². The summed E-state index contributed by atoms with van der Waals surface area (Å²) in [4.78, 5) is 28.5. The Balaban J connectivity index is 1.86. The van der Waals surface area contributed by atoms with E-state index in [2.05, 4.69) is 0 Å². The molecule has 1 aromatic rings. The van der Waals surface area contributed by atoms with E-state index in [1.54, 1.807) is 9.80 Å². The first-order valence-corrected chi connectivity index (χ1v) is 7.66. The molecule has 114 valence electrons. The van der Waals surface area contributed by atoms with Crippen molar-refractivity contribution in [1.82, 2.24) is 9.80 Å². The van der Waals surface area contributed by atoms with Gasteiger partial charge in [-0.2, -0.15) is 0 Å². The van der Waals surface area contributed by atoms with Crippen LogP contribution in [0.4, 0.5) is 0 Å². The molecule has 1 aromatic heterocycles. The molecule has 2 unspecified atom stereocenters. The van der Waals surface area contributed by atoms with Crippen LogP contribution in [0.25, 0.3) is 0 Å². The minimum atomic E-state index is -0.254. The Hall–Kier alpha value is -1.78. The van der Waals surface area contributed by atoms with E-state index in [0.29, 0.717) is 0 Å². The smallest absolute Gasteiger partial charge is 0.246 e. The molecule has 2 saturated heterocycles. The second kappa shape index (κ2) is 5.20. The van der Waals surface area contributed by atoms with E-state index < -0.39 is 0 Å². The van der Waals surface area contributed by atoms with Crippen molar-refractivity contribution in [2.24, 2.45) is 0 Å².